The van der Waals surface area contributed by atoms with E-state index in [1.54, 1.807) is 30.3 Å². The number of aromatic nitrogens is 3. The first-order valence-corrected chi connectivity index (χ1v) is 10.1. The molecule has 0 spiro atoms. The number of nitrogens with one attached hydrogen (secondary N) is 1. The van der Waals surface area contributed by atoms with Crippen molar-refractivity contribution >= 4 is 11.9 Å². The first kappa shape index (κ1) is 23.8. The molecule has 1 heterocycles. The van der Waals surface area contributed by atoms with Crippen LogP contribution < -0.4 is 10.1 Å². The molecule has 0 atom stereocenters. The number of nitrogens with zero attached hydrogens (tertiary/aromatic N) is 3. The van der Waals surface area contributed by atoms with Gasteiger partial charge in [-0.3, -0.25) is 4.79 Å². The van der Waals surface area contributed by atoms with Crippen LogP contribution in [0.15, 0.2) is 54.7 Å². The predicted molar refractivity (Wildman–Crippen MR) is 111 cm³/mol. The van der Waals surface area contributed by atoms with E-state index in [0.717, 1.165) is 12.8 Å². The molecule has 1 aromatic heterocycles. The Balaban J connectivity index is 1.58. The summed E-state index contributed by atoms with van der Waals surface area (Å²) in [4.78, 5) is 24.3. The van der Waals surface area contributed by atoms with Gasteiger partial charge in [0.25, 0.3) is 5.91 Å². The summed E-state index contributed by atoms with van der Waals surface area (Å²) in [5, 5.41) is 10.3. The fraction of sp³-hybridized carbons (Fsp3) is 0.273. The second kappa shape index (κ2) is 10.6. The van der Waals surface area contributed by atoms with E-state index < -0.39 is 18.2 Å². The molecule has 174 valence electrons. The van der Waals surface area contributed by atoms with Gasteiger partial charge in [0.05, 0.1) is 24.1 Å². The van der Waals surface area contributed by atoms with Crippen molar-refractivity contribution < 1.29 is 32.2 Å². The number of benzene rings is 2. The molecule has 8 nitrogen and oxygen atoms in total. The molecule has 0 aliphatic carbocycles. The monoisotopic (exact) mass is 462 g/mol. The second-order valence-electron chi connectivity index (χ2n) is 6.96. The topological polar surface area (TPSA) is 95.3 Å². The maximum atomic E-state index is 12.3. The van der Waals surface area contributed by atoms with Crippen molar-refractivity contribution in [1.82, 2.24) is 20.3 Å². The molecule has 3 rings (SSSR count). The molecule has 3 aromatic rings. The number of amides is 1. The van der Waals surface area contributed by atoms with Crippen molar-refractivity contribution in [3.63, 3.8) is 0 Å². The average Bonchev–Trinajstić information content (AvgIpc) is 3.27. The summed E-state index contributed by atoms with van der Waals surface area (Å²) < 4.78 is 47.4. The standard InChI is InChI=1S/C22H21F3N4O4/c1-2-3-11-32-21(31)16-7-9-17(10-8-16)29-14-19(27-28-29)20(30)26-13-15-5-4-6-18(12-15)33-22(23,24)25/h4-10,12,14H,2-3,11,13H2,1H3,(H,26,30). The number of halogens is 3. The Hall–Kier alpha value is -3.89. The van der Waals surface area contributed by atoms with Gasteiger partial charge in [-0.15, -0.1) is 18.3 Å². The Morgan fingerprint density at radius 2 is 1.88 bits per heavy atom. The molecule has 0 unspecified atom stereocenters. The molecule has 2 aromatic carbocycles. The van der Waals surface area contributed by atoms with Crippen LogP contribution in [0.3, 0.4) is 0 Å². The van der Waals surface area contributed by atoms with Gasteiger partial charge >= 0.3 is 12.3 Å². The minimum Gasteiger partial charge on any atom is -0.462 e. The zero-order valence-electron chi connectivity index (χ0n) is 17.6. The smallest absolute Gasteiger partial charge is 0.462 e. The Morgan fingerprint density at radius 1 is 1.12 bits per heavy atom. The quantitative estimate of drug-likeness (QED) is 0.381. The SMILES string of the molecule is CCCCOC(=O)c1ccc(-n2cc(C(=O)NCc3cccc(OC(F)(F)F)c3)nn2)cc1. The average molecular weight is 462 g/mol. The molecule has 11 heteroatoms. The maximum Gasteiger partial charge on any atom is 0.573 e. The highest BCUT2D eigenvalue weighted by molar-refractivity contribution is 5.92. The van der Waals surface area contributed by atoms with Crippen LogP contribution >= 0.6 is 0 Å². The number of rotatable bonds is 9. The number of unbranched alkanes of at least 4 members (excludes halogenated alkanes) is 1. The normalized spacial score (nSPS) is 11.2. The van der Waals surface area contributed by atoms with Crippen LogP contribution in [-0.4, -0.2) is 39.8 Å². The molecule has 0 aliphatic heterocycles. The molecule has 1 N–H and O–H groups in total. The summed E-state index contributed by atoms with van der Waals surface area (Å²) in [5.74, 6) is -1.35. The molecule has 0 aliphatic rings. The molecule has 0 bridgehead atoms. The Kier molecular flexibility index (Phi) is 7.65. The van der Waals surface area contributed by atoms with Gasteiger partial charge in [0.2, 0.25) is 0 Å². The number of esters is 1. The van der Waals surface area contributed by atoms with Crippen LogP contribution in [0.25, 0.3) is 5.69 Å². The van der Waals surface area contributed by atoms with E-state index in [1.807, 2.05) is 6.92 Å². The van der Waals surface area contributed by atoms with Crippen LogP contribution in [0.5, 0.6) is 5.75 Å². The lowest BCUT2D eigenvalue weighted by Crippen LogP contribution is -2.23. The largest absolute Gasteiger partial charge is 0.573 e. The van der Waals surface area contributed by atoms with Crippen LogP contribution in [0.4, 0.5) is 13.2 Å². The van der Waals surface area contributed by atoms with Crippen molar-refractivity contribution in [2.24, 2.45) is 0 Å². The van der Waals surface area contributed by atoms with Gasteiger partial charge < -0.3 is 14.8 Å². The lowest BCUT2D eigenvalue weighted by atomic mass is 10.2. The minimum atomic E-state index is -4.80. The Morgan fingerprint density at radius 3 is 2.58 bits per heavy atom. The number of ether oxygens (including phenoxy) is 2. The lowest BCUT2D eigenvalue weighted by molar-refractivity contribution is -0.274. The highest BCUT2D eigenvalue weighted by atomic mass is 19.4. The molecular formula is C22H21F3N4O4. The minimum absolute atomic E-state index is 0.0146. The number of carbonyl (C=O) groups excluding carboxylic acids is 2. The molecule has 0 fully saturated rings. The number of hydrogen-bond donors (Lipinski definition) is 1. The van der Waals surface area contributed by atoms with Crippen LogP contribution in [-0.2, 0) is 11.3 Å². The van der Waals surface area contributed by atoms with Crippen molar-refractivity contribution in [2.45, 2.75) is 32.7 Å². The van der Waals surface area contributed by atoms with Crippen molar-refractivity contribution in [1.29, 1.82) is 0 Å². The first-order chi connectivity index (χ1) is 15.7. The molecule has 0 saturated carbocycles. The van der Waals surface area contributed by atoms with E-state index in [0.29, 0.717) is 23.4 Å². The maximum absolute atomic E-state index is 12.3. The van der Waals surface area contributed by atoms with Gasteiger partial charge in [0, 0.05) is 6.54 Å². The van der Waals surface area contributed by atoms with Gasteiger partial charge in [0.15, 0.2) is 5.69 Å². The van der Waals surface area contributed by atoms with E-state index in [4.69, 9.17) is 4.74 Å². The highest BCUT2D eigenvalue weighted by Gasteiger charge is 2.31. The fourth-order valence-electron chi connectivity index (χ4n) is 2.76. The highest BCUT2D eigenvalue weighted by Crippen LogP contribution is 2.23. The third kappa shape index (κ3) is 7.06. The molecular weight excluding hydrogens is 441 g/mol. The third-order valence-corrected chi connectivity index (χ3v) is 4.41. The van der Waals surface area contributed by atoms with E-state index >= 15 is 0 Å². The fourth-order valence-corrected chi connectivity index (χ4v) is 2.76. The molecule has 1 amide bonds. The van der Waals surface area contributed by atoms with E-state index in [-0.39, 0.29) is 18.0 Å². The summed E-state index contributed by atoms with van der Waals surface area (Å²) >= 11 is 0. The summed E-state index contributed by atoms with van der Waals surface area (Å²) in [6, 6.07) is 11.7. The Labute approximate surface area is 187 Å². The first-order valence-electron chi connectivity index (χ1n) is 10.1. The van der Waals surface area contributed by atoms with Crippen LogP contribution in [0, 0.1) is 0 Å². The van der Waals surface area contributed by atoms with E-state index in [9.17, 15) is 22.8 Å². The zero-order valence-corrected chi connectivity index (χ0v) is 17.6. The van der Waals surface area contributed by atoms with Gasteiger partial charge in [0.1, 0.15) is 5.75 Å². The van der Waals surface area contributed by atoms with Crippen LogP contribution in [0.2, 0.25) is 0 Å². The molecule has 0 saturated heterocycles. The van der Waals surface area contributed by atoms with Gasteiger partial charge in [-0.25, -0.2) is 9.48 Å². The molecule has 0 radical (unpaired) electrons. The summed E-state index contributed by atoms with van der Waals surface area (Å²) in [6.45, 7) is 2.33. The predicted octanol–water partition coefficient (Wildman–Crippen LogP) is 4.05. The lowest BCUT2D eigenvalue weighted by Gasteiger charge is -2.10. The summed E-state index contributed by atoms with van der Waals surface area (Å²) in [7, 11) is 0. The number of carbonyl (C=O) groups is 2. The van der Waals surface area contributed by atoms with Gasteiger partial charge in [-0.05, 0) is 48.4 Å². The Bertz CT molecular complexity index is 1100. The van der Waals surface area contributed by atoms with Gasteiger partial charge in [-0.2, -0.15) is 0 Å². The van der Waals surface area contributed by atoms with Gasteiger partial charge in [-0.1, -0.05) is 30.7 Å². The summed E-state index contributed by atoms with van der Waals surface area (Å²) in [5.41, 5.74) is 1.40. The van der Waals surface area contributed by atoms with E-state index in [1.165, 1.54) is 29.1 Å². The molecule has 33 heavy (non-hydrogen) atoms. The van der Waals surface area contributed by atoms with Crippen molar-refractivity contribution in [3.05, 3.63) is 71.5 Å². The van der Waals surface area contributed by atoms with Crippen molar-refractivity contribution in [3.8, 4) is 11.4 Å². The number of hydrogen-bond acceptors (Lipinski definition) is 6. The zero-order chi connectivity index (χ0) is 23.8. The van der Waals surface area contributed by atoms with Crippen LogP contribution in [0.1, 0.15) is 46.2 Å². The van der Waals surface area contributed by atoms with Crippen molar-refractivity contribution in [2.75, 3.05) is 6.61 Å². The third-order valence-electron chi connectivity index (χ3n) is 4.41. The summed E-state index contributed by atoms with van der Waals surface area (Å²) in [6.07, 6.45) is -1.69. The number of alkyl halides is 3. The second-order valence-corrected chi connectivity index (χ2v) is 6.96. The van der Waals surface area contributed by atoms with E-state index in [2.05, 4.69) is 20.4 Å².